The summed E-state index contributed by atoms with van der Waals surface area (Å²) >= 11 is 2.02. The second-order valence-electron chi connectivity index (χ2n) is 5.26. The van der Waals surface area contributed by atoms with Gasteiger partial charge in [-0.3, -0.25) is 4.90 Å². The van der Waals surface area contributed by atoms with Gasteiger partial charge in [0.05, 0.1) is 0 Å². The first-order chi connectivity index (χ1) is 11.3. The van der Waals surface area contributed by atoms with E-state index in [-0.39, 0.29) is 0 Å². The third kappa shape index (κ3) is 5.01. The average molecular weight is 331 g/mol. The molecule has 1 aliphatic rings. The van der Waals surface area contributed by atoms with Crippen molar-refractivity contribution in [1.82, 2.24) is 14.9 Å². The Morgan fingerprint density at radius 2 is 2.13 bits per heavy atom. The number of nitrogens with two attached hydrogens (primary N) is 1. The Morgan fingerprint density at radius 1 is 1.26 bits per heavy atom. The van der Waals surface area contributed by atoms with Crippen LogP contribution in [0.3, 0.4) is 0 Å². The van der Waals surface area contributed by atoms with Crippen LogP contribution in [-0.4, -0.2) is 52.6 Å². The van der Waals surface area contributed by atoms with Crippen molar-refractivity contribution in [3.63, 3.8) is 0 Å². The van der Waals surface area contributed by atoms with E-state index >= 15 is 0 Å². The summed E-state index contributed by atoms with van der Waals surface area (Å²) in [6.45, 7) is 3.98. The third-order valence-electron chi connectivity index (χ3n) is 3.55. The molecule has 1 aromatic carbocycles. The largest absolute Gasteiger partial charge is 0.492 e. The Balaban J connectivity index is 1.52. The minimum absolute atomic E-state index is 0.439. The first-order valence-electron chi connectivity index (χ1n) is 7.68. The van der Waals surface area contributed by atoms with Crippen LogP contribution in [0.1, 0.15) is 0 Å². The summed E-state index contributed by atoms with van der Waals surface area (Å²) in [4.78, 5) is 10.7. The van der Waals surface area contributed by atoms with E-state index < -0.39 is 0 Å². The lowest BCUT2D eigenvalue weighted by Gasteiger charge is -2.25. The van der Waals surface area contributed by atoms with Gasteiger partial charge in [-0.05, 0) is 18.2 Å². The molecule has 2 heterocycles. The monoisotopic (exact) mass is 331 g/mol. The number of rotatable bonds is 6. The fourth-order valence-corrected chi connectivity index (χ4v) is 3.32. The fourth-order valence-electron chi connectivity index (χ4n) is 2.34. The molecule has 3 rings (SSSR count). The molecule has 0 radical (unpaired) electrons. The molecule has 0 saturated carbocycles. The zero-order chi connectivity index (χ0) is 15.9. The molecule has 0 bridgehead atoms. The zero-order valence-electron chi connectivity index (χ0n) is 12.9. The van der Waals surface area contributed by atoms with Crippen LogP contribution in [0.15, 0.2) is 36.5 Å². The van der Waals surface area contributed by atoms with E-state index in [4.69, 9.17) is 10.5 Å². The number of benzene rings is 1. The highest BCUT2D eigenvalue weighted by molar-refractivity contribution is 7.99. The molecule has 0 atom stereocenters. The molecular formula is C16H21N5OS. The van der Waals surface area contributed by atoms with E-state index in [0.29, 0.717) is 18.4 Å². The average Bonchev–Trinajstić information content (AvgIpc) is 2.56. The topological polar surface area (TPSA) is 76.3 Å². The summed E-state index contributed by atoms with van der Waals surface area (Å²) in [5, 5.41) is 3.13. The van der Waals surface area contributed by atoms with Crippen molar-refractivity contribution in [2.24, 2.45) is 0 Å². The van der Waals surface area contributed by atoms with Crippen LogP contribution < -0.4 is 15.8 Å². The van der Waals surface area contributed by atoms with Crippen LogP contribution in [0, 0.1) is 0 Å². The first-order valence-corrected chi connectivity index (χ1v) is 8.83. The lowest BCUT2D eigenvalue weighted by Crippen LogP contribution is -2.35. The number of nitrogen functional groups attached to an aromatic ring is 1. The Morgan fingerprint density at radius 3 is 2.96 bits per heavy atom. The maximum absolute atomic E-state index is 5.86. The normalized spacial score (nSPS) is 15.3. The van der Waals surface area contributed by atoms with Gasteiger partial charge in [-0.15, -0.1) is 0 Å². The van der Waals surface area contributed by atoms with Gasteiger partial charge in [0, 0.05) is 49.1 Å². The molecule has 23 heavy (non-hydrogen) atoms. The van der Waals surface area contributed by atoms with Crippen molar-refractivity contribution in [3.8, 4) is 5.75 Å². The summed E-state index contributed by atoms with van der Waals surface area (Å²) in [6, 6.07) is 9.45. The predicted octanol–water partition coefficient (Wildman–Crippen LogP) is 2.23. The van der Waals surface area contributed by atoms with Gasteiger partial charge in [0.2, 0.25) is 5.95 Å². The van der Waals surface area contributed by atoms with Crippen molar-refractivity contribution >= 4 is 29.2 Å². The summed E-state index contributed by atoms with van der Waals surface area (Å²) in [5.41, 5.74) is 6.53. The van der Waals surface area contributed by atoms with Crippen LogP contribution in [0.25, 0.3) is 0 Å². The van der Waals surface area contributed by atoms with Crippen LogP contribution in [0.4, 0.5) is 17.5 Å². The second-order valence-corrected chi connectivity index (χ2v) is 6.49. The summed E-state index contributed by atoms with van der Waals surface area (Å²) in [6.07, 6.45) is 1.63. The highest BCUT2D eigenvalue weighted by Gasteiger charge is 2.09. The molecule has 1 fully saturated rings. The van der Waals surface area contributed by atoms with Gasteiger partial charge in [-0.1, -0.05) is 6.07 Å². The molecule has 1 aromatic heterocycles. The van der Waals surface area contributed by atoms with Crippen LogP contribution in [0.5, 0.6) is 5.75 Å². The van der Waals surface area contributed by atoms with Gasteiger partial charge in [-0.25, -0.2) is 4.98 Å². The summed E-state index contributed by atoms with van der Waals surface area (Å²) in [7, 11) is 0. The van der Waals surface area contributed by atoms with Gasteiger partial charge in [0.15, 0.2) is 0 Å². The molecule has 3 N–H and O–H groups in total. The highest BCUT2D eigenvalue weighted by Crippen LogP contribution is 2.20. The van der Waals surface area contributed by atoms with E-state index in [9.17, 15) is 0 Å². The molecule has 0 amide bonds. The van der Waals surface area contributed by atoms with Crippen molar-refractivity contribution in [2.75, 3.05) is 48.8 Å². The maximum atomic E-state index is 5.86. The Kier molecular flexibility index (Phi) is 5.55. The van der Waals surface area contributed by atoms with E-state index in [1.54, 1.807) is 12.3 Å². The fraction of sp³-hybridized carbons (Fsp3) is 0.375. The lowest BCUT2D eigenvalue weighted by atomic mass is 10.3. The van der Waals surface area contributed by atoms with Crippen molar-refractivity contribution < 1.29 is 4.74 Å². The molecule has 0 spiro atoms. The number of aromatic nitrogens is 2. The predicted molar refractivity (Wildman–Crippen MR) is 95.4 cm³/mol. The van der Waals surface area contributed by atoms with Crippen molar-refractivity contribution in [2.45, 2.75) is 0 Å². The second kappa shape index (κ2) is 8.03. The lowest BCUT2D eigenvalue weighted by molar-refractivity contribution is 0.222. The zero-order valence-corrected chi connectivity index (χ0v) is 13.8. The molecule has 1 saturated heterocycles. The van der Waals surface area contributed by atoms with Gasteiger partial charge >= 0.3 is 0 Å². The molecule has 122 valence electrons. The van der Waals surface area contributed by atoms with Gasteiger partial charge < -0.3 is 15.8 Å². The highest BCUT2D eigenvalue weighted by atomic mass is 32.2. The number of nitrogens with one attached hydrogen (secondary N) is 1. The Hall–Kier alpha value is -1.99. The maximum Gasteiger partial charge on any atom is 0.229 e. The summed E-state index contributed by atoms with van der Waals surface area (Å²) < 4.78 is 5.86. The molecule has 6 nitrogen and oxygen atoms in total. The third-order valence-corrected chi connectivity index (χ3v) is 4.49. The number of thioether (sulfide) groups is 1. The first kappa shape index (κ1) is 15.9. The SMILES string of the molecule is Nc1ccnc(Nc2cccc(OCCN3CCSCC3)c2)n1. The van der Waals surface area contributed by atoms with E-state index in [1.165, 1.54) is 11.5 Å². The standard InChI is InChI=1S/C16H21N5OS/c17-15-4-5-18-16(20-15)19-13-2-1-3-14(12-13)22-9-6-21-7-10-23-11-8-21/h1-5,12H,6-11H2,(H3,17,18,19,20). The molecule has 1 aliphatic heterocycles. The number of hydrogen-bond donors (Lipinski definition) is 2. The Labute approximate surface area is 140 Å². The smallest absolute Gasteiger partial charge is 0.229 e. The van der Waals surface area contributed by atoms with Gasteiger partial charge in [0.1, 0.15) is 18.2 Å². The number of ether oxygens (including phenoxy) is 1. The number of nitrogens with zero attached hydrogens (tertiary/aromatic N) is 3. The molecule has 7 heteroatoms. The van der Waals surface area contributed by atoms with Crippen LogP contribution >= 0.6 is 11.8 Å². The summed E-state index contributed by atoms with van der Waals surface area (Å²) in [5.74, 6) is 4.20. The van der Waals surface area contributed by atoms with E-state index in [2.05, 4.69) is 20.2 Å². The minimum Gasteiger partial charge on any atom is -0.492 e. The quantitative estimate of drug-likeness (QED) is 0.840. The number of anilines is 3. The number of hydrogen-bond acceptors (Lipinski definition) is 7. The van der Waals surface area contributed by atoms with E-state index in [0.717, 1.165) is 31.1 Å². The molecular weight excluding hydrogens is 310 g/mol. The van der Waals surface area contributed by atoms with Crippen molar-refractivity contribution in [3.05, 3.63) is 36.5 Å². The minimum atomic E-state index is 0.439. The van der Waals surface area contributed by atoms with E-state index in [1.807, 2.05) is 36.0 Å². The molecule has 2 aromatic rings. The van der Waals surface area contributed by atoms with Gasteiger partial charge in [-0.2, -0.15) is 16.7 Å². The molecule has 0 aliphatic carbocycles. The van der Waals surface area contributed by atoms with Crippen LogP contribution in [0.2, 0.25) is 0 Å². The van der Waals surface area contributed by atoms with Gasteiger partial charge in [0.25, 0.3) is 0 Å². The van der Waals surface area contributed by atoms with Crippen molar-refractivity contribution in [1.29, 1.82) is 0 Å². The molecule has 0 unspecified atom stereocenters. The Bertz CT molecular complexity index is 633. The van der Waals surface area contributed by atoms with Crippen LogP contribution in [-0.2, 0) is 0 Å².